The molecule has 0 unspecified atom stereocenters. The zero-order valence-electron chi connectivity index (χ0n) is 7.83. The van der Waals surface area contributed by atoms with Crippen LogP contribution in [0.5, 0.6) is 0 Å². The van der Waals surface area contributed by atoms with Crippen molar-refractivity contribution in [2.24, 2.45) is 0 Å². The summed E-state index contributed by atoms with van der Waals surface area (Å²) in [6, 6.07) is 5.02. The molecule has 0 atom stereocenters. The molecule has 0 saturated heterocycles. The predicted molar refractivity (Wildman–Crippen MR) is 57.9 cm³/mol. The van der Waals surface area contributed by atoms with E-state index in [0.29, 0.717) is 11.4 Å². The maximum atomic E-state index is 10.6. The Labute approximate surface area is 87.8 Å². The van der Waals surface area contributed by atoms with E-state index in [-0.39, 0.29) is 0 Å². The van der Waals surface area contributed by atoms with Crippen molar-refractivity contribution in [1.29, 1.82) is 0 Å². The van der Waals surface area contributed by atoms with Gasteiger partial charge in [0.1, 0.15) is 0 Å². The second kappa shape index (κ2) is 4.82. The molecule has 14 heavy (non-hydrogen) atoms. The summed E-state index contributed by atoms with van der Waals surface area (Å²) < 4.78 is 0. The first-order chi connectivity index (χ1) is 6.65. The Morgan fingerprint density at radius 2 is 2.29 bits per heavy atom. The number of carboxylic acid groups (broad SMARTS) is 1. The summed E-state index contributed by atoms with van der Waals surface area (Å²) in [5.41, 5.74) is 2.24. The summed E-state index contributed by atoms with van der Waals surface area (Å²) >= 11 is 5.50. The molecule has 0 heterocycles. The van der Waals surface area contributed by atoms with Crippen LogP contribution in [0.1, 0.15) is 21.5 Å². The van der Waals surface area contributed by atoms with Gasteiger partial charge in [0.2, 0.25) is 0 Å². The highest BCUT2D eigenvalue weighted by Gasteiger charge is 2.03. The SMILES string of the molecule is Cc1cc(C(=O)O)ccc1C=CCCl. The minimum Gasteiger partial charge on any atom is -0.478 e. The normalized spacial score (nSPS) is 10.7. The molecule has 0 spiro atoms. The van der Waals surface area contributed by atoms with E-state index in [1.54, 1.807) is 18.2 Å². The summed E-state index contributed by atoms with van der Waals surface area (Å²) in [5, 5.41) is 8.74. The lowest BCUT2D eigenvalue weighted by Crippen LogP contribution is -1.96. The predicted octanol–water partition coefficient (Wildman–Crippen LogP) is 2.95. The van der Waals surface area contributed by atoms with Gasteiger partial charge in [0, 0.05) is 5.88 Å². The van der Waals surface area contributed by atoms with Crippen LogP contribution in [0.25, 0.3) is 6.08 Å². The zero-order valence-corrected chi connectivity index (χ0v) is 8.58. The lowest BCUT2D eigenvalue weighted by molar-refractivity contribution is 0.0697. The Balaban J connectivity index is 3.01. The third-order valence-corrected chi connectivity index (χ3v) is 2.08. The van der Waals surface area contributed by atoms with Crippen molar-refractivity contribution in [1.82, 2.24) is 0 Å². The highest BCUT2D eigenvalue weighted by Crippen LogP contribution is 2.12. The molecule has 0 aliphatic rings. The van der Waals surface area contributed by atoms with Crippen LogP contribution in [0.2, 0.25) is 0 Å². The molecule has 74 valence electrons. The average Bonchev–Trinajstić information content (AvgIpc) is 2.15. The number of carbonyl (C=O) groups is 1. The Morgan fingerprint density at radius 1 is 1.57 bits per heavy atom. The van der Waals surface area contributed by atoms with E-state index in [0.717, 1.165) is 11.1 Å². The zero-order chi connectivity index (χ0) is 10.6. The van der Waals surface area contributed by atoms with Crippen LogP contribution >= 0.6 is 11.6 Å². The number of aryl methyl sites for hydroxylation is 1. The van der Waals surface area contributed by atoms with Gasteiger partial charge in [-0.3, -0.25) is 0 Å². The van der Waals surface area contributed by atoms with Crippen molar-refractivity contribution >= 4 is 23.6 Å². The topological polar surface area (TPSA) is 37.3 Å². The number of rotatable bonds is 3. The number of hydrogen-bond acceptors (Lipinski definition) is 1. The molecule has 0 bridgehead atoms. The first-order valence-corrected chi connectivity index (χ1v) is 4.75. The Bertz CT molecular complexity index is 370. The largest absolute Gasteiger partial charge is 0.478 e. The molecule has 2 nitrogen and oxygen atoms in total. The van der Waals surface area contributed by atoms with Gasteiger partial charge in [-0.2, -0.15) is 0 Å². The van der Waals surface area contributed by atoms with Crippen molar-refractivity contribution in [2.45, 2.75) is 6.92 Å². The molecule has 0 aromatic heterocycles. The van der Waals surface area contributed by atoms with E-state index >= 15 is 0 Å². The van der Waals surface area contributed by atoms with Crippen LogP contribution < -0.4 is 0 Å². The minimum atomic E-state index is -0.902. The first-order valence-electron chi connectivity index (χ1n) is 4.21. The van der Waals surface area contributed by atoms with Crippen LogP contribution in [0.4, 0.5) is 0 Å². The van der Waals surface area contributed by atoms with E-state index in [4.69, 9.17) is 16.7 Å². The van der Waals surface area contributed by atoms with Crippen molar-refractivity contribution in [3.05, 3.63) is 41.0 Å². The number of halogens is 1. The Kier molecular flexibility index (Phi) is 3.72. The molecule has 1 rings (SSSR count). The number of hydrogen-bond donors (Lipinski definition) is 1. The molecule has 1 aromatic rings. The molecule has 0 radical (unpaired) electrons. The number of benzene rings is 1. The molecular formula is C11H11ClO2. The van der Waals surface area contributed by atoms with Gasteiger partial charge in [-0.25, -0.2) is 4.79 Å². The summed E-state index contributed by atoms with van der Waals surface area (Å²) in [7, 11) is 0. The lowest BCUT2D eigenvalue weighted by Gasteiger charge is -2.01. The standard InChI is InChI=1S/C11H11ClO2/c1-8-7-10(11(13)14)5-4-9(8)3-2-6-12/h2-5,7H,6H2,1H3,(H,13,14). The van der Waals surface area contributed by atoms with Crippen molar-refractivity contribution in [3.8, 4) is 0 Å². The molecule has 3 heteroatoms. The van der Waals surface area contributed by atoms with Crippen LogP contribution in [0, 0.1) is 6.92 Å². The van der Waals surface area contributed by atoms with Gasteiger partial charge in [-0.05, 0) is 30.2 Å². The maximum Gasteiger partial charge on any atom is 0.335 e. The fraction of sp³-hybridized carbons (Fsp3) is 0.182. The fourth-order valence-corrected chi connectivity index (χ4v) is 1.26. The maximum absolute atomic E-state index is 10.6. The molecule has 0 fully saturated rings. The van der Waals surface area contributed by atoms with Crippen molar-refractivity contribution in [3.63, 3.8) is 0 Å². The van der Waals surface area contributed by atoms with Gasteiger partial charge >= 0.3 is 5.97 Å². The molecule has 0 amide bonds. The van der Waals surface area contributed by atoms with Crippen LogP contribution in [0.3, 0.4) is 0 Å². The third-order valence-electron chi connectivity index (χ3n) is 1.90. The molecule has 0 saturated carbocycles. The Hall–Kier alpha value is -1.28. The highest BCUT2D eigenvalue weighted by atomic mass is 35.5. The summed E-state index contributed by atoms with van der Waals surface area (Å²) in [6.45, 7) is 1.88. The molecule has 0 aliphatic carbocycles. The van der Waals surface area contributed by atoms with Gasteiger partial charge in [0.25, 0.3) is 0 Å². The van der Waals surface area contributed by atoms with E-state index < -0.39 is 5.97 Å². The molecular weight excluding hydrogens is 200 g/mol. The van der Waals surface area contributed by atoms with Crippen molar-refractivity contribution < 1.29 is 9.90 Å². The summed E-state index contributed by atoms with van der Waals surface area (Å²) in [4.78, 5) is 10.6. The van der Waals surface area contributed by atoms with E-state index in [1.807, 2.05) is 19.1 Å². The second-order valence-electron chi connectivity index (χ2n) is 2.93. The van der Waals surface area contributed by atoms with Crippen molar-refractivity contribution in [2.75, 3.05) is 5.88 Å². The van der Waals surface area contributed by atoms with Gasteiger partial charge in [0.15, 0.2) is 0 Å². The van der Waals surface area contributed by atoms with E-state index in [9.17, 15) is 4.79 Å². The minimum absolute atomic E-state index is 0.311. The van der Waals surface area contributed by atoms with Gasteiger partial charge < -0.3 is 5.11 Å². The monoisotopic (exact) mass is 210 g/mol. The van der Waals surface area contributed by atoms with Gasteiger partial charge in [-0.1, -0.05) is 18.2 Å². The number of allylic oxidation sites excluding steroid dienone is 1. The average molecular weight is 211 g/mol. The van der Waals surface area contributed by atoms with Crippen LogP contribution in [-0.4, -0.2) is 17.0 Å². The van der Waals surface area contributed by atoms with Gasteiger partial charge in [0.05, 0.1) is 5.56 Å². The first kappa shape index (κ1) is 10.8. The second-order valence-corrected chi connectivity index (χ2v) is 3.24. The van der Waals surface area contributed by atoms with E-state index in [2.05, 4.69) is 0 Å². The van der Waals surface area contributed by atoms with Crippen LogP contribution in [-0.2, 0) is 0 Å². The fourth-order valence-electron chi connectivity index (χ4n) is 1.17. The molecule has 1 N–H and O–H groups in total. The number of carboxylic acids is 1. The number of alkyl halides is 1. The quantitative estimate of drug-likeness (QED) is 0.779. The molecule has 0 aliphatic heterocycles. The smallest absolute Gasteiger partial charge is 0.335 e. The molecule has 1 aromatic carbocycles. The number of aromatic carboxylic acids is 1. The lowest BCUT2D eigenvalue weighted by atomic mass is 10.0. The third kappa shape index (κ3) is 2.60. The van der Waals surface area contributed by atoms with E-state index in [1.165, 1.54) is 0 Å². The van der Waals surface area contributed by atoms with Crippen LogP contribution in [0.15, 0.2) is 24.3 Å². The summed E-state index contributed by atoms with van der Waals surface area (Å²) in [5.74, 6) is -0.443. The Morgan fingerprint density at radius 3 is 2.79 bits per heavy atom. The van der Waals surface area contributed by atoms with Gasteiger partial charge in [-0.15, -0.1) is 11.6 Å². The summed E-state index contributed by atoms with van der Waals surface area (Å²) in [6.07, 6.45) is 3.71. The highest BCUT2D eigenvalue weighted by molar-refractivity contribution is 6.19.